The first kappa shape index (κ1) is 20.3. The first-order valence-corrected chi connectivity index (χ1v) is 11.6. The molecule has 8 nitrogen and oxygen atoms in total. The van der Waals surface area contributed by atoms with E-state index in [1.807, 2.05) is 12.1 Å². The van der Waals surface area contributed by atoms with E-state index in [9.17, 15) is 15.2 Å². The molecular weight excluding hydrogens is 416 g/mol. The molecule has 3 aliphatic rings. The topological polar surface area (TPSA) is 116 Å². The first-order chi connectivity index (χ1) is 15.9. The number of nitrogens with one attached hydrogen (secondary N) is 2. The Bertz CT molecular complexity index is 1380. The molecule has 2 saturated carbocycles. The van der Waals surface area contributed by atoms with E-state index in [-0.39, 0.29) is 11.1 Å². The van der Waals surface area contributed by atoms with Crippen LogP contribution in [0.5, 0.6) is 0 Å². The molecule has 0 amide bonds. The predicted molar refractivity (Wildman–Crippen MR) is 124 cm³/mol. The van der Waals surface area contributed by atoms with E-state index in [2.05, 4.69) is 32.7 Å². The van der Waals surface area contributed by atoms with E-state index in [1.165, 1.54) is 34.6 Å². The molecule has 1 aliphatic heterocycles. The number of rotatable bonds is 3. The van der Waals surface area contributed by atoms with E-state index in [0.29, 0.717) is 29.8 Å². The number of aliphatic hydroxyl groups is 1. The van der Waals surface area contributed by atoms with Gasteiger partial charge >= 0.3 is 0 Å². The highest BCUT2D eigenvalue weighted by molar-refractivity contribution is 5.77. The maximum atomic E-state index is 13.1. The fourth-order valence-corrected chi connectivity index (χ4v) is 5.66. The van der Waals surface area contributed by atoms with Gasteiger partial charge < -0.3 is 15.7 Å². The van der Waals surface area contributed by atoms with Gasteiger partial charge in [0.1, 0.15) is 17.3 Å². The second-order valence-electron chi connectivity index (χ2n) is 9.84. The lowest BCUT2D eigenvalue weighted by molar-refractivity contribution is 0.0266. The van der Waals surface area contributed by atoms with Crippen molar-refractivity contribution in [2.75, 3.05) is 11.9 Å². The van der Waals surface area contributed by atoms with Crippen molar-refractivity contribution in [3.05, 3.63) is 57.5 Å². The zero-order chi connectivity index (χ0) is 22.8. The van der Waals surface area contributed by atoms with Crippen molar-refractivity contribution in [2.24, 2.45) is 0 Å². The summed E-state index contributed by atoms with van der Waals surface area (Å²) in [7, 11) is 0. The molecular formula is C25H26N6O2. The zero-order valence-corrected chi connectivity index (χ0v) is 18.6. The first-order valence-electron chi connectivity index (χ1n) is 11.6. The van der Waals surface area contributed by atoms with E-state index >= 15 is 0 Å². The number of benzene rings is 1. The Labute approximate surface area is 191 Å². The highest BCUT2D eigenvalue weighted by Crippen LogP contribution is 2.49. The highest BCUT2D eigenvalue weighted by Gasteiger charge is 2.46. The van der Waals surface area contributed by atoms with Gasteiger partial charge in [0.05, 0.1) is 11.6 Å². The molecule has 0 bridgehead atoms. The van der Waals surface area contributed by atoms with Crippen molar-refractivity contribution in [2.45, 2.75) is 62.6 Å². The molecule has 1 aromatic carbocycles. The Morgan fingerprint density at radius 2 is 2.15 bits per heavy atom. The predicted octanol–water partition coefficient (Wildman–Crippen LogP) is 3.02. The molecule has 2 fully saturated rings. The van der Waals surface area contributed by atoms with Crippen molar-refractivity contribution in [3.63, 3.8) is 0 Å². The van der Waals surface area contributed by atoms with E-state index in [1.54, 1.807) is 13.1 Å². The van der Waals surface area contributed by atoms with Crippen LogP contribution >= 0.6 is 0 Å². The van der Waals surface area contributed by atoms with Crippen LogP contribution in [0.4, 0.5) is 11.6 Å². The minimum Gasteiger partial charge on any atom is -0.388 e. The minimum absolute atomic E-state index is 0.0341. The standard InChI is InChI=1S/C25H26N6O2/c1-24(33)7-2-3-20(24)31-21-17(11-16(13-26)22(31)32)14-27-23(30-21)29-18-4-5-19-15(12-18)6-10-28-25(19)8-9-25/h4-5,11-12,14,20,28,33H,2-3,6-10H2,1H3,(H,27,29,30). The number of hydrogen-bond acceptors (Lipinski definition) is 7. The van der Waals surface area contributed by atoms with Crippen molar-refractivity contribution in [1.29, 1.82) is 5.26 Å². The van der Waals surface area contributed by atoms with Gasteiger partial charge in [-0.25, -0.2) is 4.98 Å². The SMILES string of the molecule is CC1(O)CCCC1n1c(=O)c(C#N)cc2cnc(Nc3ccc4c(c3)CCNC43CC3)nc21. The number of fused-ring (bicyclic) bond motifs is 3. The molecule has 0 saturated heterocycles. The molecule has 1 spiro atoms. The molecule has 0 radical (unpaired) electrons. The third kappa shape index (κ3) is 3.23. The molecule has 8 heteroatoms. The van der Waals surface area contributed by atoms with Gasteiger partial charge in [0.15, 0.2) is 0 Å². The number of nitriles is 1. The van der Waals surface area contributed by atoms with Crippen LogP contribution in [0.1, 0.15) is 61.8 Å². The third-order valence-corrected chi connectivity index (χ3v) is 7.57. The Morgan fingerprint density at radius 1 is 1.30 bits per heavy atom. The molecule has 2 unspecified atom stereocenters. The summed E-state index contributed by atoms with van der Waals surface area (Å²) in [4.78, 5) is 22.2. The van der Waals surface area contributed by atoms with Crippen molar-refractivity contribution < 1.29 is 5.11 Å². The fraction of sp³-hybridized carbons (Fsp3) is 0.440. The van der Waals surface area contributed by atoms with Crippen LogP contribution in [0.25, 0.3) is 11.0 Å². The lowest BCUT2D eigenvalue weighted by Gasteiger charge is -2.28. The quantitative estimate of drug-likeness (QED) is 0.571. The van der Waals surface area contributed by atoms with Gasteiger partial charge in [-0.05, 0) is 74.8 Å². The van der Waals surface area contributed by atoms with E-state index in [4.69, 9.17) is 0 Å². The molecule has 3 aromatic rings. The molecule has 2 aromatic heterocycles. The van der Waals surface area contributed by atoms with Crippen molar-refractivity contribution in [1.82, 2.24) is 19.9 Å². The van der Waals surface area contributed by atoms with E-state index in [0.717, 1.165) is 25.1 Å². The third-order valence-electron chi connectivity index (χ3n) is 7.57. The summed E-state index contributed by atoms with van der Waals surface area (Å²) >= 11 is 0. The summed E-state index contributed by atoms with van der Waals surface area (Å²) in [6.07, 6.45) is 7.06. The monoisotopic (exact) mass is 442 g/mol. The van der Waals surface area contributed by atoms with Crippen LogP contribution in [-0.4, -0.2) is 31.8 Å². The molecule has 2 aliphatic carbocycles. The molecule has 33 heavy (non-hydrogen) atoms. The summed E-state index contributed by atoms with van der Waals surface area (Å²) in [5, 5.41) is 27.9. The second kappa shape index (κ2) is 7.11. The van der Waals surface area contributed by atoms with Crippen molar-refractivity contribution in [3.8, 4) is 6.07 Å². The Hall–Kier alpha value is -3.28. The van der Waals surface area contributed by atoms with Crippen LogP contribution < -0.4 is 16.2 Å². The van der Waals surface area contributed by atoms with Gasteiger partial charge in [-0.15, -0.1) is 0 Å². The smallest absolute Gasteiger partial charge is 0.270 e. The maximum Gasteiger partial charge on any atom is 0.270 e. The summed E-state index contributed by atoms with van der Waals surface area (Å²) in [6.45, 7) is 2.73. The maximum absolute atomic E-state index is 13.1. The number of anilines is 2. The number of nitrogens with zero attached hydrogens (tertiary/aromatic N) is 4. The molecule has 2 atom stereocenters. The fourth-order valence-electron chi connectivity index (χ4n) is 5.66. The number of pyridine rings is 1. The van der Waals surface area contributed by atoms with Gasteiger partial charge in [0.25, 0.3) is 5.56 Å². The van der Waals surface area contributed by atoms with Crippen LogP contribution in [0.15, 0.2) is 35.3 Å². The number of hydrogen-bond donors (Lipinski definition) is 3. The minimum atomic E-state index is -1.03. The van der Waals surface area contributed by atoms with Gasteiger partial charge in [-0.3, -0.25) is 9.36 Å². The highest BCUT2D eigenvalue weighted by atomic mass is 16.3. The summed E-state index contributed by atoms with van der Waals surface area (Å²) in [5.41, 5.74) is 2.83. The zero-order valence-electron chi connectivity index (χ0n) is 18.6. The van der Waals surface area contributed by atoms with Crippen LogP contribution in [0, 0.1) is 11.3 Å². The van der Waals surface area contributed by atoms with Crippen molar-refractivity contribution >= 4 is 22.7 Å². The van der Waals surface area contributed by atoms with Gasteiger partial charge in [0, 0.05) is 29.4 Å². The average molecular weight is 443 g/mol. The van der Waals surface area contributed by atoms with Gasteiger partial charge in [-0.1, -0.05) is 6.07 Å². The van der Waals surface area contributed by atoms with Crippen LogP contribution in [-0.2, 0) is 12.0 Å². The summed E-state index contributed by atoms with van der Waals surface area (Å²) < 4.78 is 1.50. The lowest BCUT2D eigenvalue weighted by atomic mass is 9.92. The molecule has 3 N–H and O–H groups in total. The summed E-state index contributed by atoms with van der Waals surface area (Å²) in [6, 6.07) is 9.47. The Balaban J connectivity index is 1.42. The Morgan fingerprint density at radius 3 is 2.88 bits per heavy atom. The molecule has 6 rings (SSSR count). The summed E-state index contributed by atoms with van der Waals surface area (Å²) in [5.74, 6) is 0.382. The normalized spacial score (nSPS) is 25.1. The van der Waals surface area contributed by atoms with Crippen LogP contribution in [0.2, 0.25) is 0 Å². The lowest BCUT2D eigenvalue weighted by Crippen LogP contribution is -2.38. The van der Waals surface area contributed by atoms with Crippen LogP contribution in [0.3, 0.4) is 0 Å². The average Bonchev–Trinajstić information content (AvgIpc) is 3.48. The number of aromatic nitrogens is 3. The Kier molecular flexibility index (Phi) is 4.38. The molecule has 168 valence electrons. The van der Waals surface area contributed by atoms with Gasteiger partial charge in [0.2, 0.25) is 5.95 Å². The largest absolute Gasteiger partial charge is 0.388 e. The molecule has 3 heterocycles. The van der Waals surface area contributed by atoms with Gasteiger partial charge in [-0.2, -0.15) is 10.2 Å². The van der Waals surface area contributed by atoms with E-state index < -0.39 is 17.2 Å². The second-order valence-corrected chi connectivity index (χ2v) is 9.84.